The summed E-state index contributed by atoms with van der Waals surface area (Å²) in [6.07, 6.45) is 1.60. The molecule has 4 rings (SSSR count). The maximum Gasteiger partial charge on any atom is 0.338 e. The second kappa shape index (κ2) is 19.0. The third-order valence-electron chi connectivity index (χ3n) is 7.05. The van der Waals surface area contributed by atoms with E-state index >= 15 is 0 Å². The van der Waals surface area contributed by atoms with Crippen molar-refractivity contribution in [3.8, 4) is 39.5 Å². The molecule has 0 saturated carbocycles. The average molecular weight is 687 g/mol. The van der Waals surface area contributed by atoms with Crippen LogP contribution in [0.2, 0.25) is 0 Å². The minimum atomic E-state index is -0.452. The standard InChI is InChI=1S/C23H24O4.C20H18O4/c1-16(2)22(24)26-15-5-6-18-7-9-19(10-8-18)20-11-13-21(14-12-20)27-23(25)17(3)4;1-13(2)19(21)23-17-9-5-15(6-10-17)16-7-11-18(12-8-16)24-20(22)14(3)4/h7-14H,1,3,5-6,15H2,2,4H3;5-12H,1,3H2,2,4H3. The first-order chi connectivity index (χ1) is 24.2. The Kier molecular flexibility index (Phi) is 14.6. The second-order valence-corrected chi connectivity index (χ2v) is 11.8. The number of esters is 4. The van der Waals surface area contributed by atoms with Crippen LogP contribution >= 0.6 is 0 Å². The van der Waals surface area contributed by atoms with Crippen molar-refractivity contribution in [2.24, 2.45) is 0 Å². The molecule has 0 aliphatic rings. The minimum Gasteiger partial charge on any atom is -0.462 e. The molecule has 0 heterocycles. The molecule has 0 unspecified atom stereocenters. The molecule has 4 aromatic carbocycles. The lowest BCUT2D eigenvalue weighted by atomic mass is 10.0. The third kappa shape index (κ3) is 12.9. The topological polar surface area (TPSA) is 105 Å². The Labute approximate surface area is 299 Å². The van der Waals surface area contributed by atoms with Crippen LogP contribution < -0.4 is 14.2 Å². The van der Waals surface area contributed by atoms with Crippen LogP contribution in [0.4, 0.5) is 0 Å². The number of benzene rings is 4. The highest BCUT2D eigenvalue weighted by Gasteiger charge is 2.09. The van der Waals surface area contributed by atoms with Gasteiger partial charge in [0.15, 0.2) is 0 Å². The average Bonchev–Trinajstić information content (AvgIpc) is 3.11. The summed E-state index contributed by atoms with van der Waals surface area (Å²) in [5.74, 6) is -0.271. The quantitative estimate of drug-likeness (QED) is 0.0593. The molecule has 0 amide bonds. The molecular formula is C43H42O8. The van der Waals surface area contributed by atoms with Gasteiger partial charge in [0.2, 0.25) is 0 Å². The summed E-state index contributed by atoms with van der Waals surface area (Å²) in [4.78, 5) is 45.8. The van der Waals surface area contributed by atoms with Gasteiger partial charge in [-0.2, -0.15) is 0 Å². The van der Waals surface area contributed by atoms with Gasteiger partial charge in [0.05, 0.1) is 6.61 Å². The van der Waals surface area contributed by atoms with Gasteiger partial charge in [-0.05, 0) is 105 Å². The van der Waals surface area contributed by atoms with Gasteiger partial charge in [0, 0.05) is 22.3 Å². The van der Waals surface area contributed by atoms with Crippen LogP contribution in [-0.4, -0.2) is 30.5 Å². The number of ether oxygens (including phenoxy) is 4. The fraction of sp³-hybridized carbons (Fsp3) is 0.163. The minimum absolute atomic E-state index is 0.345. The van der Waals surface area contributed by atoms with Gasteiger partial charge in [0.1, 0.15) is 17.2 Å². The Bertz CT molecular complexity index is 1830. The molecular weight excluding hydrogens is 644 g/mol. The van der Waals surface area contributed by atoms with Gasteiger partial charge in [-0.3, -0.25) is 0 Å². The Balaban J connectivity index is 0.000000277. The number of hydrogen-bond acceptors (Lipinski definition) is 8. The maximum atomic E-state index is 11.5. The van der Waals surface area contributed by atoms with Gasteiger partial charge in [-0.15, -0.1) is 0 Å². The molecule has 0 N–H and O–H groups in total. The highest BCUT2D eigenvalue weighted by Crippen LogP contribution is 2.26. The van der Waals surface area contributed by atoms with Crippen LogP contribution in [0.15, 0.2) is 146 Å². The van der Waals surface area contributed by atoms with Crippen molar-refractivity contribution >= 4 is 23.9 Å². The smallest absolute Gasteiger partial charge is 0.338 e. The molecule has 0 aliphatic heterocycles. The molecule has 0 radical (unpaired) electrons. The van der Waals surface area contributed by atoms with Crippen LogP contribution in [-0.2, 0) is 30.3 Å². The Morgan fingerprint density at radius 1 is 0.431 bits per heavy atom. The number of rotatable bonds is 13. The van der Waals surface area contributed by atoms with Crippen LogP contribution in [0.5, 0.6) is 17.2 Å². The van der Waals surface area contributed by atoms with E-state index in [-0.39, 0.29) is 5.97 Å². The lowest BCUT2D eigenvalue weighted by Gasteiger charge is -2.07. The zero-order valence-corrected chi connectivity index (χ0v) is 29.5. The van der Waals surface area contributed by atoms with Gasteiger partial charge in [-0.25, -0.2) is 19.2 Å². The van der Waals surface area contributed by atoms with E-state index in [2.05, 4.69) is 38.4 Å². The summed E-state index contributed by atoms with van der Waals surface area (Å²) in [5, 5.41) is 0. The molecule has 8 heteroatoms. The van der Waals surface area contributed by atoms with Gasteiger partial charge < -0.3 is 18.9 Å². The van der Waals surface area contributed by atoms with Crippen LogP contribution in [0.1, 0.15) is 39.7 Å². The summed E-state index contributed by atoms with van der Waals surface area (Å²) in [7, 11) is 0. The highest BCUT2D eigenvalue weighted by atomic mass is 16.5. The molecule has 0 aromatic heterocycles. The maximum absolute atomic E-state index is 11.5. The van der Waals surface area contributed by atoms with Crippen LogP contribution in [0.3, 0.4) is 0 Å². The van der Waals surface area contributed by atoms with Crippen molar-refractivity contribution in [2.45, 2.75) is 40.5 Å². The van der Waals surface area contributed by atoms with E-state index in [4.69, 9.17) is 18.9 Å². The Morgan fingerprint density at radius 3 is 0.980 bits per heavy atom. The van der Waals surface area contributed by atoms with Gasteiger partial charge in [0.25, 0.3) is 0 Å². The van der Waals surface area contributed by atoms with Crippen molar-refractivity contribution in [2.75, 3.05) is 6.61 Å². The van der Waals surface area contributed by atoms with Crippen molar-refractivity contribution in [3.05, 3.63) is 151 Å². The summed E-state index contributed by atoms with van der Waals surface area (Å²) in [6, 6.07) is 29.8. The summed E-state index contributed by atoms with van der Waals surface area (Å²) in [5.41, 5.74) is 6.65. The number of carbonyl (C=O) groups is 4. The number of hydrogen-bond donors (Lipinski definition) is 0. The summed E-state index contributed by atoms with van der Waals surface area (Å²) in [6.45, 7) is 21.0. The zero-order valence-electron chi connectivity index (χ0n) is 29.5. The first-order valence-corrected chi connectivity index (χ1v) is 16.1. The van der Waals surface area contributed by atoms with E-state index in [1.165, 1.54) is 5.56 Å². The molecule has 262 valence electrons. The molecule has 0 atom stereocenters. The lowest BCUT2D eigenvalue weighted by molar-refractivity contribution is -0.139. The molecule has 0 fully saturated rings. The molecule has 0 aliphatic carbocycles. The van der Waals surface area contributed by atoms with Crippen molar-refractivity contribution in [1.29, 1.82) is 0 Å². The van der Waals surface area contributed by atoms with Crippen molar-refractivity contribution < 1.29 is 38.1 Å². The SMILES string of the molecule is C=C(C)C(=O)OCCCc1ccc(-c2ccc(OC(=O)C(=C)C)cc2)cc1.C=C(C)C(=O)Oc1ccc(-c2ccc(OC(=O)C(=C)C)cc2)cc1. The zero-order chi connectivity index (χ0) is 37.5. The Morgan fingerprint density at radius 2 is 0.706 bits per heavy atom. The molecule has 4 aromatic rings. The van der Waals surface area contributed by atoms with Crippen molar-refractivity contribution in [3.63, 3.8) is 0 Å². The van der Waals surface area contributed by atoms with E-state index in [1.54, 1.807) is 64.1 Å². The number of carbonyl (C=O) groups excluding carboxylic acids is 4. The normalized spacial score (nSPS) is 10.0. The monoisotopic (exact) mass is 686 g/mol. The molecule has 0 spiro atoms. The first-order valence-electron chi connectivity index (χ1n) is 16.1. The largest absolute Gasteiger partial charge is 0.462 e. The summed E-state index contributed by atoms with van der Waals surface area (Å²) >= 11 is 0. The summed E-state index contributed by atoms with van der Waals surface area (Å²) < 4.78 is 20.6. The van der Waals surface area contributed by atoms with Gasteiger partial charge in [-0.1, -0.05) is 87.0 Å². The first kappa shape index (κ1) is 39.2. The lowest BCUT2D eigenvalue weighted by Crippen LogP contribution is -2.08. The predicted molar refractivity (Wildman–Crippen MR) is 199 cm³/mol. The van der Waals surface area contributed by atoms with Crippen molar-refractivity contribution in [1.82, 2.24) is 0 Å². The molecule has 8 nitrogen and oxygen atoms in total. The van der Waals surface area contributed by atoms with E-state index < -0.39 is 17.9 Å². The second-order valence-electron chi connectivity index (χ2n) is 11.8. The highest BCUT2D eigenvalue weighted by molar-refractivity contribution is 5.90. The molecule has 0 saturated heterocycles. The van der Waals surface area contributed by atoms with E-state index in [1.807, 2.05) is 48.5 Å². The van der Waals surface area contributed by atoms with Gasteiger partial charge >= 0.3 is 23.9 Å². The fourth-order valence-corrected chi connectivity index (χ4v) is 4.16. The molecule has 51 heavy (non-hydrogen) atoms. The number of aryl methyl sites for hydroxylation is 1. The van der Waals surface area contributed by atoms with E-state index in [9.17, 15) is 19.2 Å². The predicted octanol–water partition coefficient (Wildman–Crippen LogP) is 9.20. The van der Waals surface area contributed by atoms with Crippen LogP contribution in [0.25, 0.3) is 22.3 Å². The fourth-order valence-electron chi connectivity index (χ4n) is 4.16. The third-order valence-corrected chi connectivity index (χ3v) is 7.05. The Hall–Kier alpha value is -6.28. The van der Waals surface area contributed by atoms with E-state index in [0.717, 1.165) is 35.1 Å². The molecule has 0 bridgehead atoms. The van der Waals surface area contributed by atoms with Crippen LogP contribution in [0, 0.1) is 0 Å². The van der Waals surface area contributed by atoms with E-state index in [0.29, 0.717) is 46.1 Å².